The smallest absolute Gasteiger partial charge is 0.238 e. The maximum Gasteiger partial charge on any atom is 0.238 e. The molecule has 0 bridgehead atoms. The Morgan fingerprint density at radius 3 is 2.38 bits per heavy atom. The Labute approximate surface area is 128 Å². The topological polar surface area (TPSA) is 32.3 Å². The number of hydrogen-bond acceptors (Lipinski definition) is 2. The highest BCUT2D eigenvalue weighted by Gasteiger charge is 2.19. The van der Waals surface area contributed by atoms with E-state index in [1.54, 1.807) is 0 Å². The number of anilines is 1. The van der Waals surface area contributed by atoms with Gasteiger partial charge in [0, 0.05) is 11.7 Å². The lowest BCUT2D eigenvalue weighted by Crippen LogP contribution is -2.39. The summed E-state index contributed by atoms with van der Waals surface area (Å²) >= 11 is 0. The van der Waals surface area contributed by atoms with Crippen LogP contribution >= 0.6 is 0 Å². The van der Waals surface area contributed by atoms with Gasteiger partial charge < -0.3 is 5.32 Å². The predicted octanol–water partition coefficient (Wildman–Crippen LogP) is 4.01. The minimum absolute atomic E-state index is 0.0837. The zero-order valence-corrected chi connectivity index (χ0v) is 13.6. The largest absolute Gasteiger partial charge is 0.325 e. The monoisotopic (exact) mass is 288 g/mol. The summed E-state index contributed by atoms with van der Waals surface area (Å²) in [6.07, 6.45) is 6.40. The molecule has 1 aromatic carbocycles. The Kier molecular flexibility index (Phi) is 5.80. The van der Waals surface area contributed by atoms with Gasteiger partial charge in [0.1, 0.15) is 0 Å². The quantitative estimate of drug-likeness (QED) is 0.887. The summed E-state index contributed by atoms with van der Waals surface area (Å²) in [4.78, 5) is 14.3. The van der Waals surface area contributed by atoms with E-state index in [1.807, 2.05) is 12.1 Å². The third-order valence-corrected chi connectivity index (χ3v) is 4.45. The van der Waals surface area contributed by atoms with Crippen LogP contribution in [0.1, 0.15) is 57.4 Å². The first-order valence-electron chi connectivity index (χ1n) is 8.16. The molecule has 1 aliphatic rings. The molecular weight excluding hydrogens is 260 g/mol. The van der Waals surface area contributed by atoms with E-state index in [2.05, 4.69) is 43.2 Å². The Bertz CT molecular complexity index is 447. The van der Waals surface area contributed by atoms with Gasteiger partial charge in [-0.05, 0) is 43.5 Å². The molecule has 0 aliphatic heterocycles. The van der Waals surface area contributed by atoms with Crippen LogP contribution in [0, 0.1) is 0 Å². The minimum Gasteiger partial charge on any atom is -0.325 e. The third-order valence-electron chi connectivity index (χ3n) is 4.45. The van der Waals surface area contributed by atoms with Gasteiger partial charge in [0.25, 0.3) is 0 Å². The predicted molar refractivity (Wildman–Crippen MR) is 88.7 cm³/mol. The van der Waals surface area contributed by atoms with Crippen molar-refractivity contribution in [3.8, 4) is 0 Å². The zero-order valence-electron chi connectivity index (χ0n) is 13.6. The van der Waals surface area contributed by atoms with E-state index in [4.69, 9.17) is 0 Å². The standard InChI is InChI=1S/C18H28N2O/c1-14(2)15-9-11-16(12-10-15)19-18(21)13-20(3)17-7-5-4-6-8-17/h9-12,14,17H,4-8,13H2,1-3H3,(H,19,21). The molecule has 1 aromatic rings. The average Bonchev–Trinajstić information content (AvgIpc) is 2.48. The lowest BCUT2D eigenvalue weighted by atomic mass is 9.94. The molecule has 0 saturated heterocycles. The molecule has 1 N–H and O–H groups in total. The van der Waals surface area contributed by atoms with E-state index < -0.39 is 0 Å². The van der Waals surface area contributed by atoms with E-state index >= 15 is 0 Å². The molecule has 3 nitrogen and oxygen atoms in total. The molecule has 116 valence electrons. The maximum absolute atomic E-state index is 12.1. The first kappa shape index (κ1) is 16.0. The second-order valence-electron chi connectivity index (χ2n) is 6.53. The van der Waals surface area contributed by atoms with Gasteiger partial charge in [-0.15, -0.1) is 0 Å². The molecule has 0 aromatic heterocycles. The lowest BCUT2D eigenvalue weighted by molar-refractivity contribution is -0.117. The van der Waals surface area contributed by atoms with Crippen LogP contribution in [0.3, 0.4) is 0 Å². The maximum atomic E-state index is 12.1. The summed E-state index contributed by atoms with van der Waals surface area (Å²) < 4.78 is 0. The number of rotatable bonds is 5. The molecule has 0 spiro atoms. The van der Waals surface area contributed by atoms with Gasteiger partial charge in [0.15, 0.2) is 0 Å². The first-order chi connectivity index (χ1) is 10.1. The summed E-state index contributed by atoms with van der Waals surface area (Å²) in [5, 5.41) is 3.00. The van der Waals surface area contributed by atoms with Gasteiger partial charge in [-0.1, -0.05) is 45.2 Å². The zero-order chi connectivity index (χ0) is 15.2. The fourth-order valence-electron chi connectivity index (χ4n) is 3.03. The van der Waals surface area contributed by atoms with E-state index in [-0.39, 0.29) is 5.91 Å². The van der Waals surface area contributed by atoms with Crippen LogP contribution in [0.5, 0.6) is 0 Å². The van der Waals surface area contributed by atoms with Crippen LogP contribution in [-0.2, 0) is 4.79 Å². The SMILES string of the molecule is CC(C)c1ccc(NC(=O)CN(C)C2CCCCC2)cc1. The van der Waals surface area contributed by atoms with E-state index in [9.17, 15) is 4.79 Å². The summed E-state index contributed by atoms with van der Waals surface area (Å²) in [7, 11) is 2.07. The Balaban J connectivity index is 1.83. The van der Waals surface area contributed by atoms with Crippen LogP contribution in [0.4, 0.5) is 5.69 Å². The number of nitrogens with zero attached hydrogens (tertiary/aromatic N) is 1. The van der Waals surface area contributed by atoms with Gasteiger partial charge in [-0.25, -0.2) is 0 Å². The van der Waals surface area contributed by atoms with Gasteiger partial charge in [-0.2, -0.15) is 0 Å². The molecule has 1 aliphatic carbocycles. The van der Waals surface area contributed by atoms with E-state index in [1.165, 1.54) is 37.7 Å². The summed E-state index contributed by atoms with van der Waals surface area (Å²) in [6.45, 7) is 4.83. The van der Waals surface area contributed by atoms with Crippen LogP contribution in [0.2, 0.25) is 0 Å². The normalized spacial score (nSPS) is 16.4. The second kappa shape index (κ2) is 7.60. The average molecular weight is 288 g/mol. The van der Waals surface area contributed by atoms with Crippen molar-refractivity contribution in [1.29, 1.82) is 0 Å². The molecule has 0 unspecified atom stereocenters. The van der Waals surface area contributed by atoms with Crippen LogP contribution in [-0.4, -0.2) is 30.4 Å². The molecule has 0 atom stereocenters. The van der Waals surface area contributed by atoms with Crippen molar-refractivity contribution in [1.82, 2.24) is 4.90 Å². The van der Waals surface area contributed by atoms with Crippen molar-refractivity contribution in [3.63, 3.8) is 0 Å². The molecule has 1 fully saturated rings. The summed E-state index contributed by atoms with van der Waals surface area (Å²) in [5.74, 6) is 0.604. The fraction of sp³-hybridized carbons (Fsp3) is 0.611. The molecule has 21 heavy (non-hydrogen) atoms. The number of carbonyl (C=O) groups excluding carboxylic acids is 1. The highest BCUT2D eigenvalue weighted by atomic mass is 16.2. The van der Waals surface area contributed by atoms with Crippen molar-refractivity contribution < 1.29 is 4.79 Å². The molecule has 3 heteroatoms. The van der Waals surface area contributed by atoms with Crippen molar-refractivity contribution in [3.05, 3.63) is 29.8 Å². The molecule has 1 amide bonds. The van der Waals surface area contributed by atoms with Gasteiger partial charge in [0.05, 0.1) is 6.54 Å². The van der Waals surface area contributed by atoms with Crippen molar-refractivity contribution in [2.75, 3.05) is 18.9 Å². The second-order valence-corrected chi connectivity index (χ2v) is 6.53. The van der Waals surface area contributed by atoms with Crippen molar-refractivity contribution >= 4 is 11.6 Å². The highest BCUT2D eigenvalue weighted by Crippen LogP contribution is 2.21. The molecule has 2 rings (SSSR count). The number of benzene rings is 1. The van der Waals surface area contributed by atoms with Crippen LogP contribution in [0.25, 0.3) is 0 Å². The summed E-state index contributed by atoms with van der Waals surface area (Å²) in [5.41, 5.74) is 2.19. The van der Waals surface area contributed by atoms with Gasteiger partial charge in [-0.3, -0.25) is 9.69 Å². The number of nitrogens with one attached hydrogen (secondary N) is 1. The van der Waals surface area contributed by atoms with Crippen LogP contribution < -0.4 is 5.32 Å². The molecule has 0 heterocycles. The summed E-state index contributed by atoms with van der Waals surface area (Å²) in [6, 6.07) is 8.74. The van der Waals surface area contributed by atoms with Gasteiger partial charge >= 0.3 is 0 Å². The molecular formula is C18H28N2O. The molecule has 0 radical (unpaired) electrons. The van der Waals surface area contributed by atoms with E-state index in [0.717, 1.165) is 5.69 Å². The minimum atomic E-state index is 0.0837. The van der Waals surface area contributed by atoms with Crippen molar-refractivity contribution in [2.24, 2.45) is 0 Å². The number of carbonyl (C=O) groups is 1. The number of likely N-dealkylation sites (N-methyl/N-ethyl adjacent to an activating group) is 1. The van der Waals surface area contributed by atoms with Crippen molar-refractivity contribution in [2.45, 2.75) is 57.9 Å². The first-order valence-corrected chi connectivity index (χ1v) is 8.16. The van der Waals surface area contributed by atoms with Gasteiger partial charge in [0.2, 0.25) is 5.91 Å². The van der Waals surface area contributed by atoms with Crippen LogP contribution in [0.15, 0.2) is 24.3 Å². The lowest BCUT2D eigenvalue weighted by Gasteiger charge is -2.30. The molecule has 1 saturated carbocycles. The number of hydrogen-bond donors (Lipinski definition) is 1. The Morgan fingerprint density at radius 1 is 1.19 bits per heavy atom. The fourth-order valence-corrected chi connectivity index (χ4v) is 3.03. The Morgan fingerprint density at radius 2 is 1.81 bits per heavy atom. The van der Waals surface area contributed by atoms with E-state index in [0.29, 0.717) is 18.5 Å². The third kappa shape index (κ3) is 4.85. The Hall–Kier alpha value is -1.35. The number of amides is 1. The highest BCUT2D eigenvalue weighted by molar-refractivity contribution is 5.92.